The lowest BCUT2D eigenvalue weighted by molar-refractivity contribution is -0.128. The molecule has 0 bridgehead atoms. The van der Waals surface area contributed by atoms with Gasteiger partial charge in [-0.15, -0.1) is 16.8 Å². The summed E-state index contributed by atoms with van der Waals surface area (Å²) < 4.78 is 26.7. The number of amides is 1. The lowest BCUT2D eigenvalue weighted by atomic mass is 9.92. The lowest BCUT2D eigenvalue weighted by Gasteiger charge is -2.35. The molecule has 3 heterocycles. The van der Waals surface area contributed by atoms with Gasteiger partial charge in [0.15, 0.2) is 0 Å². The van der Waals surface area contributed by atoms with Crippen LogP contribution in [0.4, 0.5) is 0 Å². The van der Waals surface area contributed by atoms with Crippen molar-refractivity contribution in [3.63, 3.8) is 0 Å². The van der Waals surface area contributed by atoms with E-state index in [4.69, 9.17) is 5.73 Å². The van der Waals surface area contributed by atoms with Gasteiger partial charge < -0.3 is 15.5 Å². The van der Waals surface area contributed by atoms with Crippen LogP contribution in [0.3, 0.4) is 0 Å². The smallest absolute Gasteiger partial charge is 0.256 e. The monoisotopic (exact) mass is 374 g/mol. The van der Waals surface area contributed by atoms with Crippen molar-refractivity contribution >= 4 is 34.2 Å². The molecule has 3 rings (SSSR count). The molecule has 0 spiro atoms. The number of nitrogens with two attached hydrogens (primary N) is 1. The molecule has 1 amide bonds. The topological polar surface area (TPSA) is 96.1 Å². The molecule has 2 atom stereocenters. The summed E-state index contributed by atoms with van der Waals surface area (Å²) in [5.41, 5.74) is 6.54. The zero-order valence-corrected chi connectivity index (χ0v) is 15.2. The molecule has 0 radical (unpaired) electrons. The number of rotatable bonds is 2. The summed E-state index contributed by atoms with van der Waals surface area (Å²) in [5, 5.41) is 0. The maximum Gasteiger partial charge on any atom is 0.256 e. The van der Waals surface area contributed by atoms with Gasteiger partial charge >= 0.3 is 0 Å². The summed E-state index contributed by atoms with van der Waals surface area (Å²) in [4.78, 5) is 16.3. The van der Waals surface area contributed by atoms with E-state index < -0.39 is 10.0 Å². The Labute approximate surface area is 148 Å². The number of halogens is 1. The third-order valence-electron chi connectivity index (χ3n) is 4.56. The Kier molecular flexibility index (Phi) is 5.72. The van der Waals surface area contributed by atoms with E-state index in [1.807, 2.05) is 11.8 Å². The van der Waals surface area contributed by atoms with Crippen LogP contribution in [0.15, 0.2) is 28.3 Å². The molecule has 0 aliphatic carbocycles. The van der Waals surface area contributed by atoms with E-state index >= 15 is 0 Å². The van der Waals surface area contributed by atoms with Gasteiger partial charge in [0.2, 0.25) is 0 Å². The van der Waals surface area contributed by atoms with Crippen LogP contribution in [0.25, 0.3) is 0 Å². The highest BCUT2D eigenvalue weighted by molar-refractivity contribution is 7.90. The minimum Gasteiger partial charge on any atom is -0.338 e. The van der Waals surface area contributed by atoms with Crippen molar-refractivity contribution in [2.45, 2.75) is 25.8 Å². The van der Waals surface area contributed by atoms with Crippen LogP contribution in [0, 0.1) is 5.92 Å². The third kappa shape index (κ3) is 3.99. The highest BCUT2D eigenvalue weighted by Crippen LogP contribution is 2.22. The van der Waals surface area contributed by atoms with E-state index in [1.54, 1.807) is 23.3 Å². The number of piperidine rings is 1. The summed E-state index contributed by atoms with van der Waals surface area (Å²) >= 11 is 0. The van der Waals surface area contributed by atoms with E-state index in [9.17, 15) is 13.2 Å². The number of nitrogens with zero attached hydrogens (tertiary/aromatic N) is 3. The first-order valence-corrected chi connectivity index (χ1v) is 9.51. The van der Waals surface area contributed by atoms with Gasteiger partial charge in [0.1, 0.15) is 5.84 Å². The Morgan fingerprint density at radius 1 is 1.38 bits per heavy atom. The summed E-state index contributed by atoms with van der Waals surface area (Å²) in [5.74, 6) is 0.649. The van der Waals surface area contributed by atoms with E-state index in [0.717, 1.165) is 19.4 Å². The van der Waals surface area contributed by atoms with Crippen LogP contribution in [0.2, 0.25) is 0 Å². The number of likely N-dealkylation sites (tertiary alicyclic amines) is 1. The Hall–Kier alpha value is -1.38. The SMILES string of the molecule is CC(N)C1CCCN(C(=O)C2=CN3CCS(=O)(=O)N=C3C=C2)C1.Cl. The number of carbonyl (C=O) groups is 1. The van der Waals surface area contributed by atoms with Crippen LogP contribution in [-0.4, -0.2) is 61.4 Å². The van der Waals surface area contributed by atoms with Crippen LogP contribution >= 0.6 is 12.4 Å². The fourth-order valence-electron chi connectivity index (χ4n) is 3.13. The zero-order chi connectivity index (χ0) is 16.6. The lowest BCUT2D eigenvalue weighted by Crippen LogP contribution is -2.46. The molecule has 3 aliphatic heterocycles. The van der Waals surface area contributed by atoms with Crippen molar-refractivity contribution < 1.29 is 13.2 Å². The maximum atomic E-state index is 12.7. The van der Waals surface area contributed by atoms with Crippen molar-refractivity contribution in [3.8, 4) is 0 Å². The first-order valence-electron chi connectivity index (χ1n) is 7.90. The molecule has 1 fully saturated rings. The number of hydrogen-bond acceptors (Lipinski definition) is 5. The Morgan fingerprint density at radius 3 is 2.83 bits per heavy atom. The second-order valence-electron chi connectivity index (χ2n) is 6.36. The van der Waals surface area contributed by atoms with Gasteiger partial charge in [-0.05, 0) is 37.8 Å². The second-order valence-corrected chi connectivity index (χ2v) is 8.11. The molecule has 2 N–H and O–H groups in total. The minimum absolute atomic E-state index is 0. The molecule has 0 aromatic rings. The van der Waals surface area contributed by atoms with Gasteiger partial charge in [0.05, 0.1) is 11.3 Å². The molecule has 9 heteroatoms. The average Bonchev–Trinajstić information content (AvgIpc) is 2.53. The molecule has 134 valence electrons. The molecular formula is C15H23ClN4O3S. The molecule has 0 saturated carbocycles. The molecular weight excluding hydrogens is 352 g/mol. The summed E-state index contributed by atoms with van der Waals surface area (Å²) in [6.45, 7) is 3.72. The van der Waals surface area contributed by atoms with Crippen LogP contribution < -0.4 is 5.73 Å². The standard InChI is InChI=1S/C15H22N4O3S.ClH/c1-11(16)12-3-2-6-19(9-12)15(20)13-4-5-14-17-23(21,22)8-7-18(14)10-13;/h4-5,10-12H,2-3,6-9,16H2,1H3;1H. The normalized spacial score (nSPS) is 26.7. The quantitative estimate of drug-likeness (QED) is 0.758. The van der Waals surface area contributed by atoms with Gasteiger partial charge in [0, 0.05) is 31.9 Å². The fraction of sp³-hybridized carbons (Fsp3) is 0.600. The zero-order valence-electron chi connectivity index (χ0n) is 13.6. The first-order chi connectivity index (χ1) is 10.9. The average molecular weight is 375 g/mol. The van der Waals surface area contributed by atoms with E-state index in [0.29, 0.717) is 30.4 Å². The highest BCUT2D eigenvalue weighted by Gasteiger charge is 2.29. The molecule has 0 aromatic heterocycles. The van der Waals surface area contributed by atoms with Crippen molar-refractivity contribution in [2.24, 2.45) is 16.0 Å². The first kappa shape index (κ1) is 19.0. The number of fused-ring (bicyclic) bond motifs is 1. The summed E-state index contributed by atoms with van der Waals surface area (Å²) in [6, 6.07) is 0.0764. The van der Waals surface area contributed by atoms with Crippen molar-refractivity contribution in [2.75, 3.05) is 25.4 Å². The van der Waals surface area contributed by atoms with Crippen molar-refractivity contribution in [1.82, 2.24) is 9.80 Å². The minimum atomic E-state index is -3.37. The molecule has 1 saturated heterocycles. The maximum absolute atomic E-state index is 12.7. The predicted octanol–water partition coefficient (Wildman–Crippen LogP) is 0.492. The molecule has 3 aliphatic rings. The molecule has 24 heavy (non-hydrogen) atoms. The van der Waals surface area contributed by atoms with Gasteiger partial charge in [-0.3, -0.25) is 4.79 Å². The second kappa shape index (κ2) is 7.25. The van der Waals surface area contributed by atoms with E-state index in [1.165, 1.54) is 0 Å². The summed E-state index contributed by atoms with van der Waals surface area (Å²) in [7, 11) is -3.37. The summed E-state index contributed by atoms with van der Waals surface area (Å²) in [6.07, 6.45) is 6.96. The number of sulfonamides is 1. The van der Waals surface area contributed by atoms with Crippen LogP contribution in [0.1, 0.15) is 19.8 Å². The molecule has 2 unspecified atom stereocenters. The van der Waals surface area contributed by atoms with E-state index in [2.05, 4.69) is 4.40 Å². The highest BCUT2D eigenvalue weighted by atomic mass is 35.5. The Morgan fingerprint density at radius 2 is 2.12 bits per heavy atom. The fourth-order valence-corrected chi connectivity index (χ4v) is 4.10. The van der Waals surface area contributed by atoms with Gasteiger partial charge in [-0.1, -0.05) is 0 Å². The van der Waals surface area contributed by atoms with E-state index in [-0.39, 0.29) is 30.1 Å². The largest absolute Gasteiger partial charge is 0.338 e. The van der Waals surface area contributed by atoms with Gasteiger partial charge in [-0.25, -0.2) is 8.42 Å². The van der Waals surface area contributed by atoms with Crippen molar-refractivity contribution in [1.29, 1.82) is 0 Å². The van der Waals surface area contributed by atoms with Gasteiger partial charge in [0.25, 0.3) is 15.9 Å². The third-order valence-corrected chi connectivity index (χ3v) is 5.72. The van der Waals surface area contributed by atoms with Crippen LogP contribution in [-0.2, 0) is 14.8 Å². The van der Waals surface area contributed by atoms with Crippen molar-refractivity contribution in [3.05, 3.63) is 23.9 Å². The number of carbonyl (C=O) groups excluding carboxylic acids is 1. The Bertz CT molecular complexity index is 700. The van der Waals surface area contributed by atoms with Crippen LogP contribution in [0.5, 0.6) is 0 Å². The number of hydrogen-bond donors (Lipinski definition) is 1. The molecule has 7 nitrogen and oxygen atoms in total. The van der Waals surface area contributed by atoms with Gasteiger partial charge in [-0.2, -0.15) is 0 Å². The molecule has 0 aromatic carbocycles. The Balaban J connectivity index is 0.00000208. The predicted molar refractivity (Wildman–Crippen MR) is 95.4 cm³/mol. The number of amidine groups is 1.